The van der Waals surface area contributed by atoms with Crippen molar-refractivity contribution in [1.82, 2.24) is 15.0 Å². The molecule has 2 rings (SSSR count). The molecular formula is C14H18FN5S. The topological polar surface area (TPSA) is 67.9 Å². The van der Waals surface area contributed by atoms with Crippen LogP contribution < -0.4 is 10.6 Å². The molecule has 2 aromatic rings. The van der Waals surface area contributed by atoms with E-state index in [9.17, 15) is 4.39 Å². The molecule has 1 aromatic carbocycles. The molecule has 0 unspecified atom stereocenters. The van der Waals surface area contributed by atoms with Crippen LogP contribution in [-0.2, 0) is 5.75 Å². The van der Waals surface area contributed by atoms with Crippen LogP contribution in [0.1, 0.15) is 23.6 Å². The van der Waals surface area contributed by atoms with Crippen molar-refractivity contribution < 1.29 is 4.39 Å². The number of anilines is 2. The first-order valence-electron chi connectivity index (χ1n) is 6.51. The fraction of sp³-hybridized carbons (Fsp3) is 0.357. The van der Waals surface area contributed by atoms with Crippen LogP contribution >= 0.6 is 11.8 Å². The van der Waals surface area contributed by atoms with Gasteiger partial charge in [-0.05, 0) is 13.0 Å². The Morgan fingerprint density at radius 2 is 1.95 bits per heavy atom. The Morgan fingerprint density at radius 1 is 1.24 bits per heavy atom. The number of thioether (sulfide) groups is 1. The quantitative estimate of drug-likeness (QED) is 0.916. The van der Waals surface area contributed by atoms with E-state index in [1.807, 2.05) is 27.1 Å². The molecule has 0 fully saturated rings. The maximum atomic E-state index is 13.7. The second-order valence-corrected chi connectivity index (χ2v) is 6.11. The lowest BCUT2D eigenvalue weighted by atomic mass is 10.1. The maximum Gasteiger partial charge on any atom is 0.229 e. The number of nitrogens with zero attached hydrogens (tertiary/aromatic N) is 4. The number of hydrogen-bond donors (Lipinski definition) is 1. The van der Waals surface area contributed by atoms with Gasteiger partial charge in [-0.15, -0.1) is 11.8 Å². The van der Waals surface area contributed by atoms with Crippen molar-refractivity contribution in [3.8, 4) is 0 Å². The molecule has 0 saturated heterocycles. The summed E-state index contributed by atoms with van der Waals surface area (Å²) in [7, 11) is 3.68. The minimum Gasteiger partial charge on any atom is -0.368 e. The summed E-state index contributed by atoms with van der Waals surface area (Å²) >= 11 is 1.56. The molecule has 0 saturated carbocycles. The molecule has 0 radical (unpaired) electrons. The molecule has 5 nitrogen and oxygen atoms in total. The summed E-state index contributed by atoms with van der Waals surface area (Å²) in [5.41, 5.74) is 6.36. The number of hydrogen-bond acceptors (Lipinski definition) is 6. The lowest BCUT2D eigenvalue weighted by Crippen LogP contribution is -2.16. The van der Waals surface area contributed by atoms with Crippen LogP contribution in [0.15, 0.2) is 24.3 Å². The molecule has 112 valence electrons. The predicted molar refractivity (Wildman–Crippen MR) is 84.7 cm³/mol. The zero-order chi connectivity index (χ0) is 15.4. The summed E-state index contributed by atoms with van der Waals surface area (Å²) in [4.78, 5) is 14.3. The lowest BCUT2D eigenvalue weighted by molar-refractivity contribution is 0.611. The molecule has 0 aliphatic rings. The minimum absolute atomic E-state index is 0.00648. The monoisotopic (exact) mass is 307 g/mol. The Bertz CT molecular complexity index is 620. The third-order valence-corrected chi connectivity index (χ3v) is 4.07. The van der Waals surface area contributed by atoms with Gasteiger partial charge in [-0.2, -0.15) is 15.0 Å². The van der Waals surface area contributed by atoms with E-state index < -0.39 is 0 Å². The van der Waals surface area contributed by atoms with E-state index in [1.165, 1.54) is 6.07 Å². The van der Waals surface area contributed by atoms with E-state index >= 15 is 0 Å². The Morgan fingerprint density at radius 3 is 2.62 bits per heavy atom. The Hall–Kier alpha value is -1.89. The fourth-order valence-corrected chi connectivity index (χ4v) is 2.68. The number of nitrogens with two attached hydrogens (primary N) is 1. The van der Waals surface area contributed by atoms with Crippen molar-refractivity contribution in [2.45, 2.75) is 17.9 Å². The highest BCUT2D eigenvalue weighted by atomic mass is 32.2. The number of halogens is 1. The highest BCUT2D eigenvalue weighted by Gasteiger charge is 2.13. The van der Waals surface area contributed by atoms with Gasteiger partial charge in [0.15, 0.2) is 0 Å². The molecule has 21 heavy (non-hydrogen) atoms. The van der Waals surface area contributed by atoms with E-state index in [0.29, 0.717) is 23.1 Å². The Balaban J connectivity index is 2.08. The van der Waals surface area contributed by atoms with Crippen LogP contribution in [-0.4, -0.2) is 29.0 Å². The van der Waals surface area contributed by atoms with Gasteiger partial charge in [0, 0.05) is 24.9 Å². The minimum atomic E-state index is -0.193. The molecule has 0 bridgehead atoms. The molecular weight excluding hydrogens is 289 g/mol. The fourth-order valence-electron chi connectivity index (χ4n) is 1.78. The first kappa shape index (κ1) is 15.5. The number of aromatic nitrogens is 3. The zero-order valence-electron chi connectivity index (χ0n) is 12.2. The smallest absolute Gasteiger partial charge is 0.229 e. The van der Waals surface area contributed by atoms with E-state index in [0.717, 1.165) is 0 Å². The van der Waals surface area contributed by atoms with Gasteiger partial charge in [0.25, 0.3) is 0 Å². The largest absolute Gasteiger partial charge is 0.368 e. The SMILES string of the molecule is C[C@H](SCc1nc(N)nc(N(C)C)n1)c1ccccc1F. The van der Waals surface area contributed by atoms with Crippen molar-refractivity contribution in [3.05, 3.63) is 41.5 Å². The normalized spacial score (nSPS) is 12.2. The molecule has 1 aromatic heterocycles. The molecule has 0 aliphatic heterocycles. The molecule has 0 amide bonds. The van der Waals surface area contributed by atoms with Gasteiger partial charge in [0.05, 0.1) is 5.75 Å². The summed E-state index contributed by atoms with van der Waals surface area (Å²) < 4.78 is 13.7. The van der Waals surface area contributed by atoms with Crippen LogP contribution in [0.4, 0.5) is 16.3 Å². The summed E-state index contributed by atoms with van der Waals surface area (Å²) in [6.45, 7) is 1.96. The Labute approximate surface area is 127 Å². The van der Waals surface area contributed by atoms with Crippen LogP contribution in [0.25, 0.3) is 0 Å². The maximum absolute atomic E-state index is 13.7. The Kier molecular flexibility index (Phi) is 4.95. The molecule has 7 heteroatoms. The molecule has 2 N–H and O–H groups in total. The highest BCUT2D eigenvalue weighted by Crippen LogP contribution is 2.31. The lowest BCUT2D eigenvalue weighted by Gasteiger charge is -2.14. The average Bonchev–Trinajstić information content (AvgIpc) is 2.44. The van der Waals surface area contributed by atoms with Crippen LogP contribution in [0, 0.1) is 5.82 Å². The van der Waals surface area contributed by atoms with Crippen molar-refractivity contribution >= 4 is 23.7 Å². The predicted octanol–water partition coefficient (Wildman–Crippen LogP) is 2.65. The highest BCUT2D eigenvalue weighted by molar-refractivity contribution is 7.98. The van der Waals surface area contributed by atoms with Gasteiger partial charge in [-0.3, -0.25) is 0 Å². The third kappa shape index (κ3) is 4.04. The average molecular weight is 307 g/mol. The van der Waals surface area contributed by atoms with Crippen molar-refractivity contribution in [1.29, 1.82) is 0 Å². The van der Waals surface area contributed by atoms with Gasteiger partial charge in [0.1, 0.15) is 11.6 Å². The van der Waals surface area contributed by atoms with Gasteiger partial charge < -0.3 is 10.6 Å². The second kappa shape index (κ2) is 6.71. The van der Waals surface area contributed by atoms with E-state index in [2.05, 4.69) is 15.0 Å². The van der Waals surface area contributed by atoms with E-state index in [-0.39, 0.29) is 17.0 Å². The number of benzene rings is 1. The summed E-state index contributed by atoms with van der Waals surface area (Å²) in [6.07, 6.45) is 0. The summed E-state index contributed by atoms with van der Waals surface area (Å²) in [5, 5.41) is 0.00648. The van der Waals surface area contributed by atoms with Crippen LogP contribution in [0.2, 0.25) is 0 Å². The molecule has 1 atom stereocenters. The second-order valence-electron chi connectivity index (χ2n) is 4.78. The van der Waals surface area contributed by atoms with Crippen LogP contribution in [0.3, 0.4) is 0 Å². The molecule has 1 heterocycles. The van der Waals surface area contributed by atoms with Crippen LogP contribution in [0.5, 0.6) is 0 Å². The summed E-state index contributed by atoms with van der Waals surface area (Å²) in [5.74, 6) is 1.67. The van der Waals surface area contributed by atoms with E-state index in [4.69, 9.17) is 5.73 Å². The molecule has 0 spiro atoms. The van der Waals surface area contributed by atoms with E-state index in [1.54, 1.807) is 28.8 Å². The van der Waals surface area contributed by atoms with Gasteiger partial charge in [0.2, 0.25) is 11.9 Å². The number of rotatable bonds is 5. The first-order chi connectivity index (χ1) is 9.97. The van der Waals surface area contributed by atoms with Gasteiger partial charge in [-0.1, -0.05) is 18.2 Å². The zero-order valence-corrected chi connectivity index (χ0v) is 13.1. The standard InChI is InChI=1S/C14H18FN5S/c1-9(10-6-4-5-7-11(10)15)21-8-12-17-13(16)19-14(18-12)20(2)3/h4-7,9H,8H2,1-3H3,(H2,16,17,18,19)/t9-/m0/s1. The van der Waals surface area contributed by atoms with Crippen molar-refractivity contribution in [2.24, 2.45) is 0 Å². The van der Waals surface area contributed by atoms with Gasteiger partial charge >= 0.3 is 0 Å². The summed E-state index contributed by atoms with van der Waals surface area (Å²) in [6, 6.07) is 6.78. The third-order valence-electron chi connectivity index (χ3n) is 2.89. The van der Waals surface area contributed by atoms with Gasteiger partial charge in [-0.25, -0.2) is 4.39 Å². The number of nitrogen functional groups attached to an aromatic ring is 1. The van der Waals surface area contributed by atoms with Crippen molar-refractivity contribution in [3.63, 3.8) is 0 Å². The van der Waals surface area contributed by atoms with Crippen molar-refractivity contribution in [2.75, 3.05) is 24.7 Å². The molecule has 0 aliphatic carbocycles. The first-order valence-corrected chi connectivity index (χ1v) is 7.56.